The number of aromatic nitrogens is 3. The molecule has 4 rings (SSSR count). The van der Waals surface area contributed by atoms with E-state index in [1.54, 1.807) is 47.4 Å². The molecule has 0 spiro atoms. The van der Waals surface area contributed by atoms with Gasteiger partial charge in [0, 0.05) is 30.8 Å². The molecule has 2 heterocycles. The summed E-state index contributed by atoms with van der Waals surface area (Å²) < 4.78 is 2.89. The summed E-state index contributed by atoms with van der Waals surface area (Å²) in [5, 5.41) is 9.68. The lowest BCUT2D eigenvalue weighted by atomic mass is 10.2. The molecule has 8 heteroatoms. The quantitative estimate of drug-likeness (QED) is 0.474. The summed E-state index contributed by atoms with van der Waals surface area (Å²) in [4.78, 5) is 37.7. The second kappa shape index (κ2) is 9.57. The predicted octanol–water partition coefficient (Wildman–Crippen LogP) is 2.60. The monoisotopic (exact) mass is 427 g/mol. The first-order valence-electron chi connectivity index (χ1n) is 10.0. The minimum absolute atomic E-state index is 0.0167. The Morgan fingerprint density at radius 2 is 1.75 bits per heavy atom. The molecule has 0 aliphatic rings. The van der Waals surface area contributed by atoms with Crippen LogP contribution < -0.4 is 16.2 Å². The van der Waals surface area contributed by atoms with E-state index in [0.717, 1.165) is 11.3 Å². The normalized spacial score (nSPS) is 10.5. The van der Waals surface area contributed by atoms with Crippen molar-refractivity contribution >= 4 is 17.5 Å². The molecule has 0 fully saturated rings. The number of rotatable bonds is 7. The maximum absolute atomic E-state index is 12.7. The molecule has 0 aliphatic heterocycles. The number of hydrogen-bond acceptors (Lipinski definition) is 4. The van der Waals surface area contributed by atoms with Gasteiger partial charge >= 0.3 is 0 Å². The lowest BCUT2D eigenvalue weighted by molar-refractivity contribution is -0.116. The third-order valence-electron chi connectivity index (χ3n) is 4.77. The van der Waals surface area contributed by atoms with Gasteiger partial charge in [0.15, 0.2) is 0 Å². The molecule has 0 unspecified atom stereocenters. The van der Waals surface area contributed by atoms with Crippen LogP contribution >= 0.6 is 0 Å². The van der Waals surface area contributed by atoms with Gasteiger partial charge in [-0.05, 0) is 42.0 Å². The molecule has 2 aromatic heterocycles. The molecule has 8 nitrogen and oxygen atoms in total. The van der Waals surface area contributed by atoms with E-state index in [4.69, 9.17) is 0 Å². The molecule has 0 radical (unpaired) electrons. The van der Waals surface area contributed by atoms with E-state index in [2.05, 4.69) is 15.7 Å². The topological polar surface area (TPSA) is 98.0 Å². The summed E-state index contributed by atoms with van der Waals surface area (Å²) in [6, 6.07) is 21.4. The maximum Gasteiger partial charge on any atom is 0.263 e. The van der Waals surface area contributed by atoms with E-state index in [0.29, 0.717) is 12.2 Å². The molecule has 2 N–H and O–H groups in total. The Kier molecular flexibility index (Phi) is 6.22. The average Bonchev–Trinajstić information content (AvgIpc) is 3.35. The highest BCUT2D eigenvalue weighted by Gasteiger charge is 2.14. The van der Waals surface area contributed by atoms with Crippen LogP contribution in [-0.2, 0) is 17.9 Å². The number of benzene rings is 2. The fraction of sp³-hybridized carbons (Fsp3) is 0.0833. The molecule has 32 heavy (non-hydrogen) atoms. The van der Waals surface area contributed by atoms with Crippen molar-refractivity contribution in [1.29, 1.82) is 0 Å². The fourth-order valence-electron chi connectivity index (χ4n) is 3.21. The van der Waals surface area contributed by atoms with Crippen molar-refractivity contribution in [2.45, 2.75) is 13.1 Å². The summed E-state index contributed by atoms with van der Waals surface area (Å²) in [6.07, 6.45) is 4.95. The molecule has 0 saturated heterocycles. The Morgan fingerprint density at radius 3 is 2.53 bits per heavy atom. The highest BCUT2D eigenvalue weighted by atomic mass is 16.2. The Balaban J connectivity index is 1.42. The highest BCUT2D eigenvalue weighted by Crippen LogP contribution is 2.14. The Bertz CT molecular complexity index is 1280. The number of hydrogen-bond donors (Lipinski definition) is 2. The average molecular weight is 427 g/mol. The smallest absolute Gasteiger partial charge is 0.263 e. The van der Waals surface area contributed by atoms with Gasteiger partial charge in [0.25, 0.3) is 11.5 Å². The van der Waals surface area contributed by atoms with E-state index >= 15 is 0 Å². The minimum atomic E-state index is -0.529. The van der Waals surface area contributed by atoms with Gasteiger partial charge in [-0.2, -0.15) is 5.10 Å². The van der Waals surface area contributed by atoms with Crippen molar-refractivity contribution in [2.75, 3.05) is 5.32 Å². The molecule has 0 saturated carbocycles. The number of amides is 2. The molecule has 0 atom stereocenters. The van der Waals surface area contributed by atoms with Crippen LogP contribution in [0.1, 0.15) is 15.9 Å². The molecular formula is C24H21N5O3. The third kappa shape index (κ3) is 4.99. The van der Waals surface area contributed by atoms with Gasteiger partial charge in [-0.1, -0.05) is 36.4 Å². The van der Waals surface area contributed by atoms with E-state index < -0.39 is 11.5 Å². The van der Waals surface area contributed by atoms with E-state index in [-0.39, 0.29) is 18.0 Å². The summed E-state index contributed by atoms with van der Waals surface area (Å²) in [5.74, 6) is -0.868. The van der Waals surface area contributed by atoms with Crippen molar-refractivity contribution < 1.29 is 9.59 Å². The van der Waals surface area contributed by atoms with Crippen LogP contribution in [0.15, 0.2) is 96.2 Å². The number of pyridine rings is 1. The van der Waals surface area contributed by atoms with E-state index in [1.165, 1.54) is 16.8 Å². The molecule has 2 aromatic carbocycles. The summed E-state index contributed by atoms with van der Waals surface area (Å²) in [6.45, 7) is 0.0890. The second-order valence-corrected chi connectivity index (χ2v) is 7.07. The summed E-state index contributed by atoms with van der Waals surface area (Å²) in [5.41, 5.74) is 1.75. The fourth-order valence-corrected chi connectivity index (χ4v) is 3.21. The van der Waals surface area contributed by atoms with E-state index in [1.807, 2.05) is 36.4 Å². The zero-order valence-corrected chi connectivity index (χ0v) is 17.1. The first-order chi connectivity index (χ1) is 15.6. The van der Waals surface area contributed by atoms with Crippen molar-refractivity contribution in [2.24, 2.45) is 0 Å². The number of nitrogens with zero attached hydrogens (tertiary/aromatic N) is 3. The van der Waals surface area contributed by atoms with Crippen LogP contribution in [0.3, 0.4) is 0 Å². The minimum Gasteiger partial charge on any atom is -0.348 e. The van der Waals surface area contributed by atoms with Gasteiger partial charge in [-0.15, -0.1) is 0 Å². The molecule has 2 amide bonds. The second-order valence-electron chi connectivity index (χ2n) is 7.07. The zero-order valence-electron chi connectivity index (χ0n) is 17.1. The molecule has 160 valence electrons. The van der Waals surface area contributed by atoms with Gasteiger partial charge in [-0.3, -0.25) is 14.4 Å². The standard InChI is InChI=1S/C24H21N5O3/c30-22(27-19-9-4-10-20(15-19)29-14-6-12-26-29)17-28-13-5-11-21(24(28)32)23(31)25-16-18-7-2-1-3-8-18/h1-15H,16-17H2,(H,25,31)(H,27,30). The number of carbonyl (C=O) groups is 2. The summed E-state index contributed by atoms with van der Waals surface area (Å²) in [7, 11) is 0. The molecular weight excluding hydrogens is 406 g/mol. The maximum atomic E-state index is 12.7. The zero-order chi connectivity index (χ0) is 22.3. The van der Waals surface area contributed by atoms with Gasteiger partial charge in [0.2, 0.25) is 5.91 Å². The first-order valence-corrected chi connectivity index (χ1v) is 10.0. The largest absolute Gasteiger partial charge is 0.348 e. The van der Waals surface area contributed by atoms with Crippen molar-refractivity contribution in [3.05, 3.63) is 113 Å². The SMILES string of the molecule is O=C(Cn1cccc(C(=O)NCc2ccccc2)c1=O)Nc1cccc(-n2cccn2)c1. The van der Waals surface area contributed by atoms with Gasteiger partial charge in [0.1, 0.15) is 12.1 Å². The van der Waals surface area contributed by atoms with Crippen LogP contribution in [0, 0.1) is 0 Å². The predicted molar refractivity (Wildman–Crippen MR) is 121 cm³/mol. The summed E-state index contributed by atoms with van der Waals surface area (Å²) >= 11 is 0. The lowest BCUT2D eigenvalue weighted by Crippen LogP contribution is -2.34. The van der Waals surface area contributed by atoms with Crippen LogP contribution in [-0.4, -0.2) is 26.2 Å². The van der Waals surface area contributed by atoms with Crippen LogP contribution in [0.25, 0.3) is 5.69 Å². The number of anilines is 1. The number of nitrogens with one attached hydrogen (secondary N) is 2. The van der Waals surface area contributed by atoms with E-state index in [9.17, 15) is 14.4 Å². The van der Waals surface area contributed by atoms with Crippen molar-refractivity contribution in [3.63, 3.8) is 0 Å². The third-order valence-corrected chi connectivity index (χ3v) is 4.77. The van der Waals surface area contributed by atoms with Gasteiger partial charge in [-0.25, -0.2) is 4.68 Å². The first kappa shape index (κ1) is 20.8. The van der Waals surface area contributed by atoms with Crippen LogP contribution in [0.5, 0.6) is 0 Å². The lowest BCUT2D eigenvalue weighted by Gasteiger charge is -2.10. The van der Waals surface area contributed by atoms with Crippen molar-refractivity contribution in [1.82, 2.24) is 19.7 Å². The van der Waals surface area contributed by atoms with Gasteiger partial charge in [0.05, 0.1) is 5.69 Å². The molecule has 0 aliphatic carbocycles. The van der Waals surface area contributed by atoms with Crippen molar-refractivity contribution in [3.8, 4) is 5.69 Å². The molecule has 0 bridgehead atoms. The highest BCUT2D eigenvalue weighted by molar-refractivity contribution is 5.94. The van der Waals surface area contributed by atoms with Gasteiger partial charge < -0.3 is 15.2 Å². The van der Waals surface area contributed by atoms with Crippen LogP contribution in [0.4, 0.5) is 5.69 Å². The van der Waals surface area contributed by atoms with Crippen LogP contribution in [0.2, 0.25) is 0 Å². The Hall–Kier alpha value is -4.46. The molecule has 4 aromatic rings. The Labute approximate surface area is 184 Å². The number of carbonyl (C=O) groups excluding carboxylic acids is 2. The Morgan fingerprint density at radius 1 is 0.906 bits per heavy atom.